The van der Waals surface area contributed by atoms with E-state index in [-0.39, 0.29) is 17.2 Å². The van der Waals surface area contributed by atoms with Crippen molar-refractivity contribution in [2.45, 2.75) is 50.5 Å². The van der Waals surface area contributed by atoms with Crippen LogP contribution in [-0.2, 0) is 11.2 Å². The Kier molecular flexibility index (Phi) is 4.58. The summed E-state index contributed by atoms with van der Waals surface area (Å²) in [5, 5.41) is 10.5. The molecule has 0 heterocycles. The molecule has 0 spiro atoms. The lowest BCUT2D eigenvalue weighted by Crippen LogP contribution is -2.39. The molecular formula is C15H18ClFO2. The number of benzene rings is 1. The third-order valence-corrected chi connectivity index (χ3v) is 4.09. The maximum Gasteiger partial charge on any atom is 0.168 e. The van der Waals surface area contributed by atoms with Gasteiger partial charge in [0.2, 0.25) is 0 Å². The number of hydrogen-bond donors (Lipinski definition) is 1. The van der Waals surface area contributed by atoms with Crippen molar-refractivity contribution in [2.24, 2.45) is 0 Å². The highest BCUT2D eigenvalue weighted by Crippen LogP contribution is 2.29. The van der Waals surface area contributed by atoms with Gasteiger partial charge in [-0.3, -0.25) is 4.79 Å². The van der Waals surface area contributed by atoms with E-state index in [4.69, 9.17) is 11.6 Å². The van der Waals surface area contributed by atoms with E-state index in [2.05, 4.69) is 0 Å². The Morgan fingerprint density at radius 1 is 1.26 bits per heavy atom. The minimum absolute atomic E-state index is 0.0122. The van der Waals surface area contributed by atoms with E-state index < -0.39 is 11.4 Å². The van der Waals surface area contributed by atoms with Crippen molar-refractivity contribution in [3.05, 3.63) is 34.6 Å². The first kappa shape index (κ1) is 14.5. The van der Waals surface area contributed by atoms with Gasteiger partial charge in [0.05, 0.1) is 5.02 Å². The van der Waals surface area contributed by atoms with Crippen LogP contribution in [-0.4, -0.2) is 16.5 Å². The molecule has 1 fully saturated rings. The second-order valence-electron chi connectivity index (χ2n) is 5.29. The summed E-state index contributed by atoms with van der Waals surface area (Å²) in [6.45, 7) is 0. The highest BCUT2D eigenvalue weighted by Gasteiger charge is 2.35. The number of ketones is 1. The highest BCUT2D eigenvalue weighted by molar-refractivity contribution is 6.30. The number of rotatable bonds is 3. The van der Waals surface area contributed by atoms with Gasteiger partial charge in [-0.15, -0.1) is 0 Å². The van der Waals surface area contributed by atoms with E-state index >= 15 is 0 Å². The van der Waals surface area contributed by atoms with Crippen LogP contribution >= 0.6 is 11.6 Å². The van der Waals surface area contributed by atoms with Crippen LogP contribution in [0.15, 0.2) is 18.2 Å². The SMILES string of the molecule is O=C(Cc1ccc(F)c(Cl)c1)C1(O)CCCCCC1. The van der Waals surface area contributed by atoms with Crippen LogP contribution < -0.4 is 0 Å². The maximum absolute atomic E-state index is 13.1. The predicted octanol–water partition coefficient (Wildman–Crippen LogP) is 3.68. The molecule has 2 rings (SSSR count). The van der Waals surface area contributed by atoms with Crippen molar-refractivity contribution in [3.63, 3.8) is 0 Å². The molecule has 4 heteroatoms. The van der Waals surface area contributed by atoms with Crippen LogP contribution in [0.3, 0.4) is 0 Å². The molecule has 1 aromatic rings. The number of carbonyl (C=O) groups excluding carboxylic acids is 1. The van der Waals surface area contributed by atoms with Crippen molar-refractivity contribution in [2.75, 3.05) is 0 Å². The van der Waals surface area contributed by atoms with Gasteiger partial charge in [-0.1, -0.05) is 43.4 Å². The Morgan fingerprint density at radius 3 is 2.47 bits per heavy atom. The minimum atomic E-state index is -1.21. The van der Waals surface area contributed by atoms with Gasteiger partial charge in [0, 0.05) is 6.42 Å². The summed E-state index contributed by atoms with van der Waals surface area (Å²) < 4.78 is 13.1. The molecular weight excluding hydrogens is 267 g/mol. The highest BCUT2D eigenvalue weighted by atomic mass is 35.5. The van der Waals surface area contributed by atoms with E-state index in [1.54, 1.807) is 6.07 Å². The molecule has 0 saturated heterocycles. The lowest BCUT2D eigenvalue weighted by molar-refractivity contribution is -0.138. The topological polar surface area (TPSA) is 37.3 Å². The quantitative estimate of drug-likeness (QED) is 0.860. The third-order valence-electron chi connectivity index (χ3n) is 3.80. The molecule has 0 unspecified atom stereocenters. The summed E-state index contributed by atoms with van der Waals surface area (Å²) in [4.78, 5) is 12.3. The summed E-state index contributed by atoms with van der Waals surface area (Å²) in [6, 6.07) is 4.25. The van der Waals surface area contributed by atoms with Gasteiger partial charge in [0.1, 0.15) is 11.4 Å². The van der Waals surface area contributed by atoms with Crippen LogP contribution in [0, 0.1) is 5.82 Å². The molecule has 19 heavy (non-hydrogen) atoms. The van der Waals surface area contributed by atoms with Gasteiger partial charge in [0.25, 0.3) is 0 Å². The lowest BCUT2D eigenvalue weighted by atomic mass is 9.86. The summed E-state index contributed by atoms with van der Waals surface area (Å²) in [6.07, 6.45) is 5.06. The molecule has 104 valence electrons. The average Bonchev–Trinajstić information content (AvgIpc) is 2.60. The Morgan fingerprint density at radius 2 is 1.89 bits per heavy atom. The maximum atomic E-state index is 13.1. The van der Waals surface area contributed by atoms with Gasteiger partial charge in [0.15, 0.2) is 5.78 Å². The average molecular weight is 285 g/mol. The summed E-state index contributed by atoms with van der Waals surface area (Å²) >= 11 is 5.70. The number of aliphatic hydroxyl groups is 1. The fourth-order valence-electron chi connectivity index (χ4n) is 2.59. The van der Waals surface area contributed by atoms with Crippen LogP contribution in [0.4, 0.5) is 4.39 Å². The monoisotopic (exact) mass is 284 g/mol. The molecule has 1 aliphatic rings. The third kappa shape index (κ3) is 3.54. The standard InChI is InChI=1S/C15H18ClFO2/c16-12-9-11(5-6-13(12)17)10-14(18)15(19)7-3-1-2-4-8-15/h5-6,9,19H,1-4,7-8,10H2. The molecule has 1 aliphatic carbocycles. The second kappa shape index (κ2) is 6.02. The smallest absolute Gasteiger partial charge is 0.168 e. The fraction of sp³-hybridized carbons (Fsp3) is 0.533. The Bertz CT molecular complexity index is 465. The first-order chi connectivity index (χ1) is 9.01. The Hall–Kier alpha value is -0.930. The zero-order chi connectivity index (χ0) is 13.9. The van der Waals surface area contributed by atoms with E-state index in [1.165, 1.54) is 12.1 Å². The van der Waals surface area contributed by atoms with Crippen LogP contribution in [0.2, 0.25) is 5.02 Å². The second-order valence-corrected chi connectivity index (χ2v) is 5.70. The number of Topliss-reactive ketones (excluding diaryl/α,β-unsaturated/α-hetero) is 1. The molecule has 0 bridgehead atoms. The molecule has 1 saturated carbocycles. The summed E-state index contributed by atoms with van der Waals surface area (Å²) in [7, 11) is 0. The van der Waals surface area contributed by atoms with Gasteiger partial charge in [-0.25, -0.2) is 4.39 Å². The van der Waals surface area contributed by atoms with Crippen molar-refractivity contribution in [1.82, 2.24) is 0 Å². The van der Waals surface area contributed by atoms with Gasteiger partial charge >= 0.3 is 0 Å². The Balaban J connectivity index is 2.08. The van der Waals surface area contributed by atoms with Crippen molar-refractivity contribution < 1.29 is 14.3 Å². The summed E-state index contributed by atoms with van der Waals surface area (Å²) in [5.41, 5.74) is -0.564. The van der Waals surface area contributed by atoms with Crippen LogP contribution in [0.1, 0.15) is 44.1 Å². The molecule has 0 aromatic heterocycles. The van der Waals surface area contributed by atoms with Crippen molar-refractivity contribution in [3.8, 4) is 0 Å². The predicted molar refractivity (Wildman–Crippen MR) is 72.8 cm³/mol. The molecule has 0 aliphatic heterocycles. The first-order valence-electron chi connectivity index (χ1n) is 6.71. The van der Waals surface area contributed by atoms with Gasteiger partial charge < -0.3 is 5.11 Å². The van der Waals surface area contributed by atoms with E-state index in [1.807, 2.05) is 0 Å². The van der Waals surface area contributed by atoms with Crippen LogP contribution in [0.5, 0.6) is 0 Å². The molecule has 0 amide bonds. The van der Waals surface area contributed by atoms with Crippen molar-refractivity contribution in [1.29, 1.82) is 0 Å². The largest absolute Gasteiger partial charge is 0.382 e. The number of halogens is 2. The van der Waals surface area contributed by atoms with Crippen molar-refractivity contribution >= 4 is 17.4 Å². The summed E-state index contributed by atoms with van der Waals surface area (Å²) in [5.74, 6) is -0.678. The van der Waals surface area contributed by atoms with E-state index in [0.29, 0.717) is 18.4 Å². The zero-order valence-corrected chi connectivity index (χ0v) is 11.5. The number of hydrogen-bond acceptors (Lipinski definition) is 2. The first-order valence-corrected chi connectivity index (χ1v) is 7.09. The molecule has 0 atom stereocenters. The Labute approximate surface area is 117 Å². The molecule has 1 N–H and O–H groups in total. The minimum Gasteiger partial charge on any atom is -0.382 e. The molecule has 0 radical (unpaired) electrons. The van der Waals surface area contributed by atoms with Gasteiger partial charge in [-0.2, -0.15) is 0 Å². The molecule has 1 aromatic carbocycles. The zero-order valence-electron chi connectivity index (χ0n) is 10.8. The van der Waals surface area contributed by atoms with Gasteiger partial charge in [-0.05, 0) is 30.5 Å². The normalized spacial score (nSPS) is 18.9. The number of carbonyl (C=O) groups is 1. The van der Waals surface area contributed by atoms with E-state index in [9.17, 15) is 14.3 Å². The van der Waals surface area contributed by atoms with Crippen LogP contribution in [0.25, 0.3) is 0 Å². The lowest BCUT2D eigenvalue weighted by Gasteiger charge is -2.25. The van der Waals surface area contributed by atoms with E-state index in [0.717, 1.165) is 25.7 Å². The fourth-order valence-corrected chi connectivity index (χ4v) is 2.79. The molecule has 2 nitrogen and oxygen atoms in total.